The minimum Gasteiger partial charge on any atom is -0.342 e. The number of rotatable bonds is 5. The molecule has 1 spiro atoms. The van der Waals surface area contributed by atoms with Gasteiger partial charge in [-0.25, -0.2) is 9.97 Å². The van der Waals surface area contributed by atoms with Crippen LogP contribution in [-0.4, -0.2) is 51.9 Å². The third-order valence-corrected chi connectivity index (χ3v) is 6.31. The van der Waals surface area contributed by atoms with Crippen molar-refractivity contribution >= 4 is 5.91 Å². The molecule has 2 saturated heterocycles. The smallest absolute Gasteiger partial charge is 0.222 e. The van der Waals surface area contributed by atoms with Crippen molar-refractivity contribution in [1.29, 1.82) is 0 Å². The topological polar surface area (TPSA) is 49.3 Å². The van der Waals surface area contributed by atoms with Gasteiger partial charge in [0.1, 0.15) is 5.82 Å². The SMILES string of the molecule is CC(C)c1ncc(CN2CCC[C@@]3(CCC(=O)N(CC4CC4)C3)C2)cn1. The minimum atomic E-state index is 0.305. The average Bonchev–Trinajstić information content (AvgIpc) is 3.43. The second-order valence-corrected chi connectivity index (χ2v) is 9.14. The summed E-state index contributed by atoms with van der Waals surface area (Å²) in [4.78, 5) is 26.1. The molecular weight excluding hydrogens is 324 g/mol. The first-order chi connectivity index (χ1) is 12.5. The highest BCUT2D eigenvalue weighted by Crippen LogP contribution is 2.41. The molecule has 2 aliphatic heterocycles. The van der Waals surface area contributed by atoms with Crippen LogP contribution in [0.15, 0.2) is 12.4 Å². The van der Waals surface area contributed by atoms with E-state index in [4.69, 9.17) is 0 Å². The first kappa shape index (κ1) is 17.9. The quantitative estimate of drug-likeness (QED) is 0.813. The van der Waals surface area contributed by atoms with Crippen molar-refractivity contribution < 1.29 is 4.79 Å². The molecule has 1 saturated carbocycles. The van der Waals surface area contributed by atoms with E-state index in [1.807, 2.05) is 12.4 Å². The van der Waals surface area contributed by atoms with Gasteiger partial charge in [-0.15, -0.1) is 0 Å². The molecule has 0 unspecified atom stereocenters. The highest BCUT2D eigenvalue weighted by atomic mass is 16.2. The van der Waals surface area contributed by atoms with Crippen LogP contribution in [0.3, 0.4) is 0 Å². The molecule has 3 heterocycles. The zero-order chi connectivity index (χ0) is 18.1. The molecule has 1 aromatic rings. The second-order valence-electron chi connectivity index (χ2n) is 9.14. The Hall–Kier alpha value is -1.49. The molecule has 1 aromatic heterocycles. The molecule has 142 valence electrons. The zero-order valence-corrected chi connectivity index (χ0v) is 16.3. The van der Waals surface area contributed by atoms with Crippen LogP contribution in [-0.2, 0) is 11.3 Å². The van der Waals surface area contributed by atoms with Crippen molar-refractivity contribution in [2.75, 3.05) is 26.2 Å². The normalized spacial score (nSPS) is 27.5. The maximum absolute atomic E-state index is 12.3. The molecule has 3 fully saturated rings. The van der Waals surface area contributed by atoms with Gasteiger partial charge >= 0.3 is 0 Å². The summed E-state index contributed by atoms with van der Waals surface area (Å²) in [6, 6.07) is 0. The van der Waals surface area contributed by atoms with Crippen molar-refractivity contribution in [3.05, 3.63) is 23.8 Å². The van der Waals surface area contributed by atoms with Crippen LogP contribution in [0.1, 0.15) is 69.7 Å². The Morgan fingerprint density at radius 1 is 1.19 bits per heavy atom. The summed E-state index contributed by atoms with van der Waals surface area (Å²) in [5.74, 6) is 2.47. The van der Waals surface area contributed by atoms with Gasteiger partial charge in [-0.3, -0.25) is 9.69 Å². The first-order valence-electron chi connectivity index (χ1n) is 10.3. The molecule has 1 amide bonds. The van der Waals surface area contributed by atoms with Gasteiger partial charge in [-0.2, -0.15) is 0 Å². The molecule has 1 atom stereocenters. The van der Waals surface area contributed by atoms with Crippen molar-refractivity contribution in [1.82, 2.24) is 19.8 Å². The Balaban J connectivity index is 1.39. The van der Waals surface area contributed by atoms with E-state index in [1.165, 1.54) is 31.2 Å². The van der Waals surface area contributed by atoms with E-state index in [0.717, 1.165) is 57.3 Å². The van der Waals surface area contributed by atoms with Crippen LogP contribution in [0, 0.1) is 11.3 Å². The van der Waals surface area contributed by atoms with Crippen LogP contribution < -0.4 is 0 Å². The fourth-order valence-corrected chi connectivity index (χ4v) is 4.66. The number of aromatic nitrogens is 2. The number of hydrogen-bond acceptors (Lipinski definition) is 4. The molecule has 5 heteroatoms. The predicted molar refractivity (Wildman–Crippen MR) is 102 cm³/mol. The van der Waals surface area contributed by atoms with E-state index in [1.54, 1.807) is 0 Å². The first-order valence-corrected chi connectivity index (χ1v) is 10.3. The summed E-state index contributed by atoms with van der Waals surface area (Å²) in [6.45, 7) is 9.41. The summed E-state index contributed by atoms with van der Waals surface area (Å²) in [6.07, 6.45) is 10.9. The van der Waals surface area contributed by atoms with Crippen molar-refractivity contribution in [3.8, 4) is 0 Å². The fourth-order valence-electron chi connectivity index (χ4n) is 4.66. The molecule has 3 aliphatic rings. The molecule has 0 aromatic carbocycles. The summed E-state index contributed by atoms with van der Waals surface area (Å²) in [5.41, 5.74) is 1.51. The third-order valence-electron chi connectivity index (χ3n) is 6.31. The Kier molecular flexibility index (Phi) is 5.00. The summed E-state index contributed by atoms with van der Waals surface area (Å²) in [5, 5.41) is 0. The highest BCUT2D eigenvalue weighted by molar-refractivity contribution is 5.77. The lowest BCUT2D eigenvalue weighted by Crippen LogP contribution is -2.54. The van der Waals surface area contributed by atoms with Gasteiger partial charge in [0, 0.05) is 61.9 Å². The van der Waals surface area contributed by atoms with Gasteiger partial charge in [0.15, 0.2) is 0 Å². The molecule has 0 bridgehead atoms. The zero-order valence-electron chi connectivity index (χ0n) is 16.3. The van der Waals surface area contributed by atoms with E-state index in [0.29, 0.717) is 17.2 Å². The standard InChI is InChI=1S/C21H32N4O/c1-16(2)20-22-10-18(11-23-20)12-24-9-3-7-21(14-24)8-6-19(26)25(15-21)13-17-4-5-17/h10-11,16-17H,3-9,12-15H2,1-2H3/t21-/m1/s1. The molecule has 0 N–H and O–H groups in total. The highest BCUT2D eigenvalue weighted by Gasteiger charge is 2.42. The Labute approximate surface area is 157 Å². The number of likely N-dealkylation sites (tertiary alicyclic amines) is 2. The second kappa shape index (κ2) is 7.26. The van der Waals surface area contributed by atoms with Gasteiger partial charge in [0.2, 0.25) is 5.91 Å². The lowest BCUT2D eigenvalue weighted by atomic mass is 9.73. The number of hydrogen-bond donors (Lipinski definition) is 0. The van der Waals surface area contributed by atoms with Crippen LogP contribution in [0.5, 0.6) is 0 Å². The van der Waals surface area contributed by atoms with Gasteiger partial charge in [-0.05, 0) is 44.6 Å². The number of amides is 1. The van der Waals surface area contributed by atoms with Gasteiger partial charge in [-0.1, -0.05) is 13.8 Å². The van der Waals surface area contributed by atoms with Crippen LogP contribution in [0.25, 0.3) is 0 Å². The van der Waals surface area contributed by atoms with Crippen LogP contribution in [0.4, 0.5) is 0 Å². The van der Waals surface area contributed by atoms with Gasteiger partial charge < -0.3 is 4.90 Å². The fraction of sp³-hybridized carbons (Fsp3) is 0.762. The predicted octanol–water partition coefficient (Wildman–Crippen LogP) is 3.21. The molecule has 1 aliphatic carbocycles. The van der Waals surface area contributed by atoms with Gasteiger partial charge in [0.05, 0.1) is 0 Å². The van der Waals surface area contributed by atoms with Crippen LogP contribution in [0.2, 0.25) is 0 Å². The van der Waals surface area contributed by atoms with Crippen molar-refractivity contribution in [2.45, 2.75) is 64.8 Å². The molecule has 26 heavy (non-hydrogen) atoms. The number of carbonyl (C=O) groups excluding carboxylic acids is 1. The van der Waals surface area contributed by atoms with E-state index < -0.39 is 0 Å². The molecule has 4 rings (SSSR count). The number of carbonyl (C=O) groups is 1. The maximum Gasteiger partial charge on any atom is 0.222 e. The average molecular weight is 357 g/mol. The summed E-state index contributed by atoms with van der Waals surface area (Å²) >= 11 is 0. The lowest BCUT2D eigenvalue weighted by Gasteiger charge is -2.48. The summed E-state index contributed by atoms with van der Waals surface area (Å²) < 4.78 is 0. The molecule has 5 nitrogen and oxygen atoms in total. The van der Waals surface area contributed by atoms with E-state index in [9.17, 15) is 4.79 Å². The molecule has 0 radical (unpaired) electrons. The van der Waals surface area contributed by atoms with E-state index >= 15 is 0 Å². The Bertz CT molecular complexity index is 640. The van der Waals surface area contributed by atoms with Crippen LogP contribution >= 0.6 is 0 Å². The Morgan fingerprint density at radius 2 is 1.96 bits per heavy atom. The van der Waals surface area contributed by atoms with Crippen molar-refractivity contribution in [2.24, 2.45) is 11.3 Å². The third kappa shape index (κ3) is 4.08. The van der Waals surface area contributed by atoms with E-state index in [-0.39, 0.29) is 0 Å². The van der Waals surface area contributed by atoms with Crippen molar-refractivity contribution in [3.63, 3.8) is 0 Å². The van der Waals surface area contributed by atoms with Gasteiger partial charge in [0.25, 0.3) is 0 Å². The summed E-state index contributed by atoms with van der Waals surface area (Å²) in [7, 11) is 0. The molecular formula is C21H32N4O. The Morgan fingerprint density at radius 3 is 2.65 bits per heavy atom. The minimum absolute atomic E-state index is 0.305. The number of piperidine rings is 2. The largest absolute Gasteiger partial charge is 0.342 e. The maximum atomic E-state index is 12.3. The number of nitrogens with zero attached hydrogens (tertiary/aromatic N) is 4. The van der Waals surface area contributed by atoms with E-state index in [2.05, 4.69) is 33.6 Å². The lowest BCUT2D eigenvalue weighted by molar-refractivity contribution is -0.139. The monoisotopic (exact) mass is 356 g/mol.